The molecule has 7 atom stereocenters. The third kappa shape index (κ3) is 7.79. The van der Waals surface area contributed by atoms with Crippen LogP contribution in [0.5, 0.6) is 0 Å². The highest BCUT2D eigenvalue weighted by atomic mass is 19.4. The summed E-state index contributed by atoms with van der Waals surface area (Å²) >= 11 is 0. The Morgan fingerprint density at radius 1 is 1.00 bits per heavy atom. The largest absolute Gasteiger partial charge is 0.481 e. The number of aliphatic hydroxyl groups excluding tert-OH is 3. The molecule has 1 aromatic carbocycles. The van der Waals surface area contributed by atoms with E-state index in [2.05, 4.69) is 21.7 Å². The topological polar surface area (TPSA) is 147 Å². The average molecular weight is 693 g/mol. The Kier molecular flexibility index (Phi) is 11.1. The number of aliphatic carboxylic acids is 1. The monoisotopic (exact) mass is 692 g/mol. The lowest BCUT2D eigenvalue weighted by molar-refractivity contribution is -0.190. The molecular weight excluding hydrogens is 645 g/mol. The van der Waals surface area contributed by atoms with Crippen LogP contribution >= 0.6 is 0 Å². The number of aromatic nitrogens is 1. The lowest BCUT2D eigenvalue weighted by atomic mass is 9.80. The summed E-state index contributed by atoms with van der Waals surface area (Å²) in [4.78, 5) is 35.9. The fourth-order valence-corrected chi connectivity index (χ4v) is 7.70. The van der Waals surface area contributed by atoms with E-state index < -0.39 is 54.1 Å². The number of halogens is 3. The van der Waals surface area contributed by atoms with E-state index >= 15 is 0 Å². The molecule has 11 nitrogen and oxygen atoms in total. The number of aliphatic hydroxyl groups is 3. The zero-order valence-electron chi connectivity index (χ0n) is 28.3. The molecule has 270 valence electrons. The molecule has 5 rings (SSSR count). The lowest BCUT2D eigenvalue weighted by Crippen LogP contribution is -2.62. The van der Waals surface area contributed by atoms with Crippen LogP contribution in [0.3, 0.4) is 0 Å². The van der Waals surface area contributed by atoms with Crippen LogP contribution in [0, 0.1) is 19.8 Å². The van der Waals surface area contributed by atoms with Crippen LogP contribution in [0.25, 0.3) is 0 Å². The van der Waals surface area contributed by atoms with Crippen LogP contribution in [0.1, 0.15) is 71.9 Å². The number of carboxylic acids is 1. The minimum absolute atomic E-state index is 0.0116. The Hall–Kier alpha value is -3.14. The number of nitrogens with zero attached hydrogens (tertiary/aromatic N) is 4. The van der Waals surface area contributed by atoms with Crippen molar-refractivity contribution in [3.05, 3.63) is 64.5 Å². The zero-order chi connectivity index (χ0) is 35.8. The number of carbonyl (C=O) groups excluding carboxylic acids is 1. The highest BCUT2D eigenvalue weighted by Crippen LogP contribution is 2.37. The van der Waals surface area contributed by atoms with Crippen LogP contribution in [0.15, 0.2) is 36.5 Å². The van der Waals surface area contributed by atoms with Crippen molar-refractivity contribution in [3.8, 4) is 0 Å². The summed E-state index contributed by atoms with van der Waals surface area (Å²) in [5.74, 6) is -2.69. The maximum atomic E-state index is 13.4. The molecule has 4 N–H and O–H groups in total. The summed E-state index contributed by atoms with van der Waals surface area (Å²) in [5, 5.41) is 40.7. The van der Waals surface area contributed by atoms with Crippen LogP contribution in [0.2, 0.25) is 0 Å². The second-order valence-corrected chi connectivity index (χ2v) is 14.1. The molecule has 0 spiro atoms. The van der Waals surface area contributed by atoms with Gasteiger partial charge in [0, 0.05) is 50.5 Å². The fourth-order valence-electron chi connectivity index (χ4n) is 7.70. The van der Waals surface area contributed by atoms with Crippen molar-refractivity contribution >= 4 is 11.9 Å². The van der Waals surface area contributed by atoms with Gasteiger partial charge in [-0.1, -0.05) is 12.1 Å². The molecular formula is C35H47F3N4O7. The Morgan fingerprint density at radius 3 is 2.22 bits per heavy atom. The number of piperidine rings is 1. The van der Waals surface area contributed by atoms with E-state index in [1.54, 1.807) is 6.20 Å². The molecule has 14 heteroatoms. The van der Waals surface area contributed by atoms with Crippen molar-refractivity contribution in [2.75, 3.05) is 39.3 Å². The van der Waals surface area contributed by atoms with Crippen molar-refractivity contribution in [3.63, 3.8) is 0 Å². The number of amides is 1. The van der Waals surface area contributed by atoms with E-state index in [4.69, 9.17) is 4.74 Å². The van der Waals surface area contributed by atoms with Gasteiger partial charge in [0.25, 0.3) is 5.91 Å². The number of hydrogen-bond acceptors (Lipinski definition) is 9. The number of likely N-dealkylation sites (tertiary alicyclic amines) is 1. The molecule has 1 aromatic heterocycles. The first-order valence-corrected chi connectivity index (χ1v) is 16.8. The Balaban J connectivity index is 1.29. The normalized spacial score (nSPS) is 29.1. The van der Waals surface area contributed by atoms with Crippen LogP contribution < -0.4 is 0 Å². The summed E-state index contributed by atoms with van der Waals surface area (Å²) in [6.07, 6.45) is -7.56. The predicted molar refractivity (Wildman–Crippen MR) is 173 cm³/mol. The molecule has 2 aliphatic heterocycles. The van der Waals surface area contributed by atoms with Crippen molar-refractivity contribution in [1.82, 2.24) is 19.7 Å². The van der Waals surface area contributed by atoms with E-state index in [1.807, 2.05) is 31.7 Å². The van der Waals surface area contributed by atoms with Crippen LogP contribution in [-0.4, -0.2) is 127 Å². The molecule has 0 bridgehead atoms. The number of carboxylic acid groups (broad SMARTS) is 1. The van der Waals surface area contributed by atoms with Crippen LogP contribution in [0.4, 0.5) is 13.2 Å². The van der Waals surface area contributed by atoms with Gasteiger partial charge in [0.05, 0.1) is 47.6 Å². The van der Waals surface area contributed by atoms with E-state index in [1.165, 1.54) is 12.1 Å². The highest BCUT2D eigenvalue weighted by molar-refractivity contribution is 5.96. The second-order valence-electron chi connectivity index (χ2n) is 14.1. The average Bonchev–Trinajstić information content (AvgIpc) is 3.05. The van der Waals surface area contributed by atoms with Gasteiger partial charge in [-0.3, -0.25) is 24.4 Å². The molecule has 0 radical (unpaired) electrons. The van der Waals surface area contributed by atoms with Crippen molar-refractivity contribution in [2.45, 2.75) is 95.2 Å². The third-order valence-corrected chi connectivity index (χ3v) is 10.9. The van der Waals surface area contributed by atoms with Crippen molar-refractivity contribution in [2.24, 2.45) is 5.92 Å². The van der Waals surface area contributed by atoms with Gasteiger partial charge >= 0.3 is 12.1 Å². The summed E-state index contributed by atoms with van der Waals surface area (Å²) < 4.78 is 46.3. The quantitative estimate of drug-likeness (QED) is 0.326. The molecule has 3 fully saturated rings. The minimum Gasteiger partial charge on any atom is -0.481 e. The maximum Gasteiger partial charge on any atom is 0.416 e. The van der Waals surface area contributed by atoms with Gasteiger partial charge in [0.2, 0.25) is 0 Å². The molecule has 3 heterocycles. The standard InChI is InChI=1S/C35H47F3N4O7/c1-20-9-12-39-22(3)28(20)32(46)40-13-10-34(4,11-14-40)41-15-16-42(21(2)18-41)26(23-5-7-24(8-6-23)35(36,37)38)19-49-27-17-25(33(47)48)29(43)31(45)30(27)44/h5-9,12,21,25-27,29-31,43-45H,10-11,13-19H2,1-4H3,(H,47,48)/t21-,25?,26-,27?,29?,30?,31?/m0/s1. The molecule has 2 aromatic rings. The van der Waals surface area contributed by atoms with Gasteiger partial charge in [-0.25, -0.2) is 0 Å². The Labute approximate surface area is 284 Å². The number of benzene rings is 1. The minimum atomic E-state index is -4.51. The molecule has 49 heavy (non-hydrogen) atoms. The van der Waals surface area contributed by atoms with Crippen LogP contribution in [-0.2, 0) is 15.7 Å². The molecule has 5 unspecified atom stereocenters. The van der Waals surface area contributed by atoms with E-state index in [9.17, 15) is 43.2 Å². The van der Waals surface area contributed by atoms with E-state index in [0.717, 1.165) is 30.5 Å². The maximum absolute atomic E-state index is 13.4. The Bertz CT molecular complexity index is 1460. The van der Waals surface area contributed by atoms with E-state index in [-0.39, 0.29) is 30.5 Å². The second kappa shape index (κ2) is 14.6. The smallest absolute Gasteiger partial charge is 0.416 e. The number of alkyl halides is 3. The first-order valence-electron chi connectivity index (χ1n) is 16.8. The number of aryl methyl sites for hydroxylation is 2. The van der Waals surface area contributed by atoms with E-state index in [0.29, 0.717) is 49.5 Å². The van der Waals surface area contributed by atoms with Crippen molar-refractivity contribution < 1.29 is 47.9 Å². The summed E-state index contributed by atoms with van der Waals surface area (Å²) in [6.45, 7) is 11.0. The number of ether oxygens (including phenoxy) is 1. The number of piperazine rings is 1. The SMILES string of the molecule is Cc1ccnc(C)c1C(=O)N1CCC(C)(N2CCN([C@@H](COC3CC(C(=O)O)C(O)C(O)C3O)c3ccc(C(F)(F)F)cc3)[C@@H](C)C2)CC1. The Morgan fingerprint density at radius 2 is 1.65 bits per heavy atom. The van der Waals surface area contributed by atoms with Gasteiger partial charge in [-0.2, -0.15) is 13.2 Å². The molecule has 1 aliphatic carbocycles. The summed E-state index contributed by atoms with van der Waals surface area (Å²) in [5.41, 5.74) is 1.86. The number of hydrogen-bond donors (Lipinski definition) is 4. The van der Waals surface area contributed by atoms with Crippen molar-refractivity contribution in [1.29, 1.82) is 0 Å². The first kappa shape index (κ1) is 37.1. The molecule has 3 aliphatic rings. The lowest BCUT2D eigenvalue weighted by Gasteiger charge is -2.53. The summed E-state index contributed by atoms with van der Waals surface area (Å²) in [7, 11) is 0. The highest BCUT2D eigenvalue weighted by Gasteiger charge is 2.47. The molecule has 1 saturated carbocycles. The van der Waals surface area contributed by atoms with Gasteiger partial charge < -0.3 is 30.1 Å². The molecule has 1 amide bonds. The predicted octanol–water partition coefficient (Wildman–Crippen LogP) is 3.03. The van der Waals surface area contributed by atoms with Gasteiger partial charge in [-0.15, -0.1) is 0 Å². The number of rotatable bonds is 8. The third-order valence-electron chi connectivity index (χ3n) is 10.9. The zero-order valence-corrected chi connectivity index (χ0v) is 28.3. The van der Waals surface area contributed by atoms with Gasteiger partial charge in [0.15, 0.2) is 0 Å². The summed E-state index contributed by atoms with van der Waals surface area (Å²) in [6, 6.07) is 6.08. The number of pyridine rings is 1. The van der Waals surface area contributed by atoms with Gasteiger partial charge in [0.1, 0.15) is 12.2 Å². The fraction of sp³-hybridized carbons (Fsp3) is 0.629. The van der Waals surface area contributed by atoms with Gasteiger partial charge in [-0.05, 0) is 76.3 Å². The molecule has 2 saturated heterocycles. The first-order chi connectivity index (χ1) is 23.0. The number of carbonyl (C=O) groups is 2.